The topological polar surface area (TPSA) is 156 Å². The summed E-state index contributed by atoms with van der Waals surface area (Å²) in [6.07, 6.45) is 2.25. The molecule has 0 spiro atoms. The van der Waals surface area contributed by atoms with Gasteiger partial charge in [0.05, 0.1) is 21.7 Å². The molecule has 40 heavy (non-hydrogen) atoms. The van der Waals surface area contributed by atoms with E-state index in [2.05, 4.69) is 15.6 Å². The summed E-state index contributed by atoms with van der Waals surface area (Å²) < 4.78 is 26.8. The van der Waals surface area contributed by atoms with Crippen LogP contribution in [0.25, 0.3) is 0 Å². The molecule has 1 fully saturated rings. The highest BCUT2D eigenvalue weighted by molar-refractivity contribution is 7.94. The number of nitrogens with one attached hydrogen (secondary N) is 2. The Morgan fingerprint density at radius 1 is 1.12 bits per heavy atom. The molecule has 1 saturated carbocycles. The van der Waals surface area contributed by atoms with Crippen LogP contribution in [0.1, 0.15) is 72.8 Å². The fourth-order valence-corrected chi connectivity index (χ4v) is 7.36. The lowest BCUT2D eigenvalue weighted by Gasteiger charge is -2.35. The number of hydrogen-bond acceptors (Lipinski definition) is 7. The quantitative estimate of drug-likeness (QED) is 0.367. The zero-order valence-electron chi connectivity index (χ0n) is 23.9. The number of aromatic nitrogens is 2. The molecule has 3 amide bonds. The monoisotopic (exact) mass is 572 g/mol. The number of aryl methyl sites for hydroxylation is 1. The van der Waals surface area contributed by atoms with Crippen LogP contribution in [0.4, 0.5) is 0 Å². The molecule has 1 aromatic heterocycles. The molecule has 0 radical (unpaired) electrons. The number of amides is 3. The standard InChI is InChI=1S/C28H40N6O5S/c1-18(2)22(29)24(35)32-16-27(4,5)40(38,39)28(10-11-28)17-33-12-13-34-21(26(33)37)15-30-23(34)25(36)31-14-20-8-6-19(3)7-9-20/h6-9,15,18,22H,10-14,16-17,29H2,1-5H3,(H,31,36)(H,32,35)/t22-/m1/s1. The highest BCUT2D eigenvalue weighted by Crippen LogP contribution is 2.49. The molecule has 1 aromatic carbocycles. The molecule has 218 valence electrons. The number of hydrogen-bond donors (Lipinski definition) is 3. The Labute approximate surface area is 235 Å². The zero-order valence-corrected chi connectivity index (χ0v) is 24.7. The normalized spacial score (nSPS) is 17.4. The number of benzene rings is 1. The fraction of sp³-hybridized carbons (Fsp3) is 0.571. The van der Waals surface area contributed by atoms with E-state index in [4.69, 9.17) is 5.73 Å². The number of imidazole rings is 1. The van der Waals surface area contributed by atoms with E-state index in [1.807, 2.05) is 45.0 Å². The first-order valence-corrected chi connectivity index (χ1v) is 15.1. The van der Waals surface area contributed by atoms with Gasteiger partial charge in [-0.1, -0.05) is 43.7 Å². The molecule has 2 aliphatic rings. The molecule has 0 saturated heterocycles. The smallest absolute Gasteiger partial charge is 0.287 e. The Bertz CT molecular complexity index is 1390. The number of nitrogens with zero attached hydrogens (tertiary/aromatic N) is 3. The third kappa shape index (κ3) is 5.64. The Morgan fingerprint density at radius 2 is 1.77 bits per heavy atom. The van der Waals surface area contributed by atoms with Crippen LogP contribution in [-0.4, -0.2) is 75.8 Å². The molecular weight excluding hydrogens is 532 g/mol. The lowest BCUT2D eigenvalue weighted by molar-refractivity contribution is -0.123. The molecule has 12 heteroatoms. The van der Waals surface area contributed by atoms with Gasteiger partial charge in [-0.15, -0.1) is 0 Å². The predicted molar refractivity (Wildman–Crippen MR) is 151 cm³/mol. The molecule has 2 heterocycles. The highest BCUT2D eigenvalue weighted by atomic mass is 32.2. The fourth-order valence-electron chi connectivity index (χ4n) is 4.96. The summed E-state index contributed by atoms with van der Waals surface area (Å²) in [5.74, 6) is -1.04. The summed E-state index contributed by atoms with van der Waals surface area (Å²) in [4.78, 5) is 44.3. The predicted octanol–water partition coefficient (Wildman–Crippen LogP) is 1.40. The van der Waals surface area contributed by atoms with Gasteiger partial charge >= 0.3 is 0 Å². The van der Waals surface area contributed by atoms with Crippen molar-refractivity contribution >= 4 is 27.6 Å². The molecule has 4 N–H and O–H groups in total. The van der Waals surface area contributed by atoms with Gasteiger partial charge in [0.15, 0.2) is 15.7 Å². The van der Waals surface area contributed by atoms with E-state index in [0.29, 0.717) is 25.9 Å². The van der Waals surface area contributed by atoms with E-state index >= 15 is 0 Å². The van der Waals surface area contributed by atoms with Crippen molar-refractivity contribution in [2.75, 3.05) is 19.6 Å². The molecule has 0 unspecified atom stereocenters. The van der Waals surface area contributed by atoms with Crippen LogP contribution in [0, 0.1) is 12.8 Å². The molecule has 1 atom stereocenters. The summed E-state index contributed by atoms with van der Waals surface area (Å²) in [5, 5.41) is 5.55. The maximum atomic E-state index is 13.8. The van der Waals surface area contributed by atoms with E-state index in [1.165, 1.54) is 6.20 Å². The first-order chi connectivity index (χ1) is 18.7. The number of rotatable bonds is 11. The van der Waals surface area contributed by atoms with Crippen molar-refractivity contribution in [2.24, 2.45) is 11.7 Å². The first kappa shape index (κ1) is 29.7. The summed E-state index contributed by atoms with van der Waals surface area (Å²) >= 11 is 0. The number of sulfone groups is 1. The van der Waals surface area contributed by atoms with Crippen molar-refractivity contribution in [3.05, 3.63) is 53.1 Å². The zero-order chi connectivity index (χ0) is 29.5. The third-order valence-corrected chi connectivity index (χ3v) is 11.3. The van der Waals surface area contributed by atoms with E-state index in [9.17, 15) is 22.8 Å². The average molecular weight is 573 g/mol. The molecule has 1 aliphatic carbocycles. The second-order valence-corrected chi connectivity index (χ2v) is 14.9. The minimum absolute atomic E-state index is 0.0528. The largest absolute Gasteiger partial charge is 0.353 e. The van der Waals surface area contributed by atoms with Gasteiger partial charge in [0.2, 0.25) is 5.91 Å². The van der Waals surface area contributed by atoms with Crippen LogP contribution < -0.4 is 16.4 Å². The summed E-state index contributed by atoms with van der Waals surface area (Å²) in [6.45, 7) is 9.75. The van der Waals surface area contributed by atoms with E-state index in [-0.39, 0.29) is 54.8 Å². The number of fused-ring (bicyclic) bond motifs is 1. The Morgan fingerprint density at radius 3 is 2.38 bits per heavy atom. The Kier molecular flexibility index (Phi) is 8.15. The molecular formula is C28H40N6O5S. The molecule has 4 rings (SSSR count). The van der Waals surface area contributed by atoms with Crippen molar-refractivity contribution in [3.63, 3.8) is 0 Å². The molecule has 2 aromatic rings. The third-order valence-electron chi connectivity index (χ3n) is 8.03. The van der Waals surface area contributed by atoms with Crippen LogP contribution in [0.15, 0.2) is 30.5 Å². The van der Waals surface area contributed by atoms with Crippen LogP contribution in [0.5, 0.6) is 0 Å². The maximum Gasteiger partial charge on any atom is 0.287 e. The van der Waals surface area contributed by atoms with Crippen molar-refractivity contribution in [1.82, 2.24) is 25.1 Å². The maximum absolute atomic E-state index is 13.8. The van der Waals surface area contributed by atoms with Gasteiger partial charge in [0.1, 0.15) is 5.69 Å². The van der Waals surface area contributed by atoms with Gasteiger partial charge in [0, 0.05) is 32.7 Å². The van der Waals surface area contributed by atoms with Crippen molar-refractivity contribution in [3.8, 4) is 0 Å². The summed E-state index contributed by atoms with van der Waals surface area (Å²) in [7, 11) is -3.75. The van der Waals surface area contributed by atoms with Gasteiger partial charge < -0.3 is 25.8 Å². The number of carbonyl (C=O) groups is 3. The van der Waals surface area contributed by atoms with Gasteiger partial charge in [-0.05, 0) is 45.1 Å². The lowest BCUT2D eigenvalue weighted by Crippen LogP contribution is -2.55. The highest BCUT2D eigenvalue weighted by Gasteiger charge is 2.61. The Hall–Kier alpha value is -3.25. The number of carbonyl (C=O) groups excluding carboxylic acids is 3. The van der Waals surface area contributed by atoms with E-state index < -0.39 is 25.4 Å². The molecule has 11 nitrogen and oxygen atoms in total. The van der Waals surface area contributed by atoms with E-state index in [1.54, 1.807) is 23.3 Å². The molecule has 1 aliphatic heterocycles. The Balaban J connectivity index is 1.41. The van der Waals surface area contributed by atoms with Gasteiger partial charge in [0.25, 0.3) is 11.8 Å². The van der Waals surface area contributed by atoms with Crippen LogP contribution >= 0.6 is 0 Å². The van der Waals surface area contributed by atoms with Gasteiger partial charge in [-0.3, -0.25) is 14.4 Å². The van der Waals surface area contributed by atoms with Crippen molar-refractivity contribution in [2.45, 2.75) is 76.1 Å². The summed E-state index contributed by atoms with van der Waals surface area (Å²) in [5.41, 5.74) is 8.24. The minimum atomic E-state index is -3.75. The van der Waals surface area contributed by atoms with E-state index in [0.717, 1.165) is 11.1 Å². The van der Waals surface area contributed by atoms with Gasteiger partial charge in [-0.25, -0.2) is 13.4 Å². The first-order valence-electron chi connectivity index (χ1n) is 13.7. The minimum Gasteiger partial charge on any atom is -0.353 e. The second kappa shape index (κ2) is 11.0. The van der Waals surface area contributed by atoms with Crippen LogP contribution in [0.3, 0.4) is 0 Å². The average Bonchev–Trinajstić information content (AvgIpc) is 3.58. The SMILES string of the molecule is Cc1ccc(CNC(=O)c2ncc3n2CCN(CC2(S(=O)(=O)C(C)(C)CNC(=O)[C@H](N)C(C)C)CC2)C3=O)cc1. The van der Waals surface area contributed by atoms with Crippen molar-refractivity contribution < 1.29 is 22.8 Å². The van der Waals surface area contributed by atoms with Crippen LogP contribution in [0.2, 0.25) is 0 Å². The second-order valence-electron chi connectivity index (χ2n) is 11.9. The molecule has 0 bridgehead atoms. The lowest BCUT2D eigenvalue weighted by atomic mass is 10.0. The summed E-state index contributed by atoms with van der Waals surface area (Å²) in [6, 6.07) is 7.10. The van der Waals surface area contributed by atoms with Crippen molar-refractivity contribution in [1.29, 1.82) is 0 Å². The number of nitrogens with two attached hydrogens (primary N) is 1. The van der Waals surface area contributed by atoms with Crippen LogP contribution in [-0.2, 0) is 27.7 Å². The van der Waals surface area contributed by atoms with Gasteiger partial charge in [-0.2, -0.15) is 0 Å².